The lowest BCUT2D eigenvalue weighted by molar-refractivity contribution is -0.384. The van der Waals surface area contributed by atoms with Crippen LogP contribution in [-0.4, -0.2) is 11.0 Å². The Kier molecular flexibility index (Phi) is 5.48. The summed E-state index contributed by atoms with van der Waals surface area (Å²) in [6, 6.07) is 9.41. The van der Waals surface area contributed by atoms with Gasteiger partial charge in [-0.05, 0) is 11.6 Å². The molecule has 0 aliphatic carbocycles. The Bertz CT molecular complexity index is 797. The van der Waals surface area contributed by atoms with E-state index >= 15 is 0 Å². The first kappa shape index (κ1) is 18.5. The Morgan fingerprint density at radius 3 is 2.44 bits per heavy atom. The SMILES string of the molecule is O=C(Nc1cc(C(F)(F)F)c(Cl)cc1[N+](=O)[O-])OCc1ccccc1. The molecule has 0 atom stereocenters. The van der Waals surface area contributed by atoms with Crippen LogP contribution in [-0.2, 0) is 17.5 Å². The molecule has 25 heavy (non-hydrogen) atoms. The van der Waals surface area contributed by atoms with E-state index in [4.69, 9.17) is 16.3 Å². The van der Waals surface area contributed by atoms with Gasteiger partial charge in [0.15, 0.2) is 0 Å². The van der Waals surface area contributed by atoms with Gasteiger partial charge in [-0.25, -0.2) is 4.79 Å². The average molecular weight is 375 g/mol. The molecule has 6 nitrogen and oxygen atoms in total. The molecule has 0 saturated carbocycles. The van der Waals surface area contributed by atoms with E-state index in [0.717, 1.165) is 0 Å². The van der Waals surface area contributed by atoms with E-state index in [1.165, 1.54) is 0 Å². The molecule has 0 bridgehead atoms. The number of carbonyl (C=O) groups excluding carboxylic acids is 1. The van der Waals surface area contributed by atoms with Crippen molar-refractivity contribution in [2.45, 2.75) is 12.8 Å². The summed E-state index contributed by atoms with van der Waals surface area (Å²) in [7, 11) is 0. The Morgan fingerprint density at radius 1 is 1.24 bits per heavy atom. The summed E-state index contributed by atoms with van der Waals surface area (Å²) < 4.78 is 43.4. The van der Waals surface area contributed by atoms with Crippen LogP contribution in [0, 0.1) is 10.1 Å². The number of hydrogen-bond acceptors (Lipinski definition) is 4. The molecule has 0 unspecified atom stereocenters. The van der Waals surface area contributed by atoms with Gasteiger partial charge in [0.25, 0.3) is 5.69 Å². The van der Waals surface area contributed by atoms with Crippen molar-refractivity contribution in [2.24, 2.45) is 0 Å². The second-order valence-electron chi connectivity index (χ2n) is 4.79. The van der Waals surface area contributed by atoms with Crippen LogP contribution in [0.1, 0.15) is 11.1 Å². The van der Waals surface area contributed by atoms with Gasteiger partial charge in [0.05, 0.1) is 15.5 Å². The van der Waals surface area contributed by atoms with Crippen LogP contribution in [0.4, 0.5) is 29.3 Å². The van der Waals surface area contributed by atoms with Crippen LogP contribution in [0.5, 0.6) is 0 Å². The van der Waals surface area contributed by atoms with Gasteiger partial charge in [-0.2, -0.15) is 13.2 Å². The number of amides is 1. The largest absolute Gasteiger partial charge is 0.444 e. The summed E-state index contributed by atoms with van der Waals surface area (Å²) in [6.45, 7) is -0.153. The van der Waals surface area contributed by atoms with Crippen LogP contribution in [0.15, 0.2) is 42.5 Å². The van der Waals surface area contributed by atoms with E-state index < -0.39 is 39.2 Å². The first-order valence-corrected chi connectivity index (χ1v) is 7.09. The minimum atomic E-state index is -4.84. The second kappa shape index (κ2) is 7.39. The fraction of sp³-hybridized carbons (Fsp3) is 0.133. The normalized spacial score (nSPS) is 11.0. The van der Waals surface area contributed by atoms with Crippen molar-refractivity contribution >= 4 is 29.1 Å². The molecule has 2 aromatic rings. The zero-order chi connectivity index (χ0) is 18.6. The van der Waals surface area contributed by atoms with Crippen molar-refractivity contribution in [1.29, 1.82) is 0 Å². The highest BCUT2D eigenvalue weighted by Gasteiger charge is 2.36. The van der Waals surface area contributed by atoms with Gasteiger partial charge in [0.2, 0.25) is 0 Å². The summed E-state index contributed by atoms with van der Waals surface area (Å²) in [5, 5.41) is 12.1. The Hall–Kier alpha value is -2.81. The number of ether oxygens (including phenoxy) is 1. The summed E-state index contributed by atoms with van der Waals surface area (Å²) in [4.78, 5) is 21.7. The lowest BCUT2D eigenvalue weighted by atomic mass is 10.1. The smallest absolute Gasteiger partial charge is 0.417 e. The minimum absolute atomic E-state index is 0.153. The number of nitrogens with one attached hydrogen (secondary N) is 1. The number of anilines is 1. The van der Waals surface area contributed by atoms with E-state index in [9.17, 15) is 28.1 Å². The number of nitro benzene ring substituents is 1. The molecule has 2 aromatic carbocycles. The Morgan fingerprint density at radius 2 is 1.88 bits per heavy atom. The summed E-state index contributed by atoms with van der Waals surface area (Å²) >= 11 is 5.44. The fourth-order valence-corrected chi connectivity index (χ4v) is 2.17. The summed E-state index contributed by atoms with van der Waals surface area (Å²) in [6.07, 6.45) is -5.97. The Balaban J connectivity index is 2.21. The van der Waals surface area contributed by atoms with Gasteiger partial charge < -0.3 is 4.74 Å². The summed E-state index contributed by atoms with van der Waals surface area (Å²) in [5.74, 6) is 0. The first-order chi connectivity index (χ1) is 11.7. The molecule has 1 N–H and O–H groups in total. The average Bonchev–Trinajstić information content (AvgIpc) is 2.54. The number of carbonyl (C=O) groups is 1. The number of nitro groups is 1. The third-order valence-electron chi connectivity index (χ3n) is 3.04. The molecule has 0 aromatic heterocycles. The van der Waals surface area contributed by atoms with E-state index in [2.05, 4.69) is 0 Å². The van der Waals surface area contributed by atoms with Gasteiger partial charge >= 0.3 is 12.3 Å². The molecular formula is C15H10ClF3N2O4. The Labute approximate surface area is 144 Å². The minimum Gasteiger partial charge on any atom is -0.444 e. The van der Waals surface area contributed by atoms with Gasteiger partial charge in [-0.15, -0.1) is 0 Å². The van der Waals surface area contributed by atoms with Gasteiger partial charge in [0.1, 0.15) is 12.3 Å². The second-order valence-corrected chi connectivity index (χ2v) is 5.20. The fourth-order valence-electron chi connectivity index (χ4n) is 1.90. The van der Waals surface area contributed by atoms with Crippen molar-refractivity contribution in [1.82, 2.24) is 0 Å². The van der Waals surface area contributed by atoms with E-state index in [1.54, 1.807) is 30.3 Å². The predicted molar refractivity (Wildman–Crippen MR) is 83.4 cm³/mol. The van der Waals surface area contributed by atoms with Gasteiger partial charge in [0, 0.05) is 6.07 Å². The van der Waals surface area contributed by atoms with Crippen LogP contribution in [0.3, 0.4) is 0 Å². The van der Waals surface area contributed by atoms with Gasteiger partial charge in [-0.1, -0.05) is 41.9 Å². The van der Waals surface area contributed by atoms with E-state index in [1.807, 2.05) is 5.32 Å². The third kappa shape index (κ3) is 4.83. The molecule has 132 valence electrons. The number of hydrogen-bond donors (Lipinski definition) is 1. The van der Waals surface area contributed by atoms with E-state index in [-0.39, 0.29) is 6.61 Å². The van der Waals surface area contributed by atoms with Crippen LogP contribution in [0.2, 0.25) is 5.02 Å². The number of rotatable bonds is 4. The van der Waals surface area contributed by atoms with Crippen LogP contribution < -0.4 is 5.32 Å². The summed E-state index contributed by atoms with van der Waals surface area (Å²) in [5.41, 5.74) is -2.12. The molecule has 0 aliphatic heterocycles. The topological polar surface area (TPSA) is 81.5 Å². The van der Waals surface area contributed by atoms with Crippen molar-refractivity contribution < 1.29 is 27.6 Å². The zero-order valence-electron chi connectivity index (χ0n) is 12.3. The molecule has 2 rings (SSSR count). The van der Waals surface area contributed by atoms with Crippen LogP contribution in [0.25, 0.3) is 0 Å². The number of benzene rings is 2. The molecule has 0 fully saturated rings. The standard InChI is InChI=1S/C15H10ClF3N2O4/c16-11-7-13(21(23)24)12(6-10(11)15(17,18)19)20-14(22)25-8-9-4-2-1-3-5-9/h1-7H,8H2,(H,20,22). The quantitative estimate of drug-likeness (QED) is 0.602. The molecule has 0 heterocycles. The lowest BCUT2D eigenvalue weighted by Crippen LogP contribution is -2.16. The zero-order valence-corrected chi connectivity index (χ0v) is 13.1. The highest BCUT2D eigenvalue weighted by atomic mass is 35.5. The van der Waals surface area contributed by atoms with Crippen molar-refractivity contribution in [3.05, 3.63) is 68.7 Å². The molecule has 0 spiro atoms. The molecule has 0 aliphatic rings. The highest BCUT2D eigenvalue weighted by molar-refractivity contribution is 6.31. The molecule has 1 amide bonds. The van der Waals surface area contributed by atoms with Gasteiger partial charge in [-0.3, -0.25) is 15.4 Å². The molecular weight excluding hydrogens is 365 g/mol. The maximum absolute atomic E-state index is 12.9. The maximum atomic E-state index is 12.9. The van der Waals surface area contributed by atoms with Crippen molar-refractivity contribution in [2.75, 3.05) is 5.32 Å². The molecule has 0 saturated heterocycles. The van der Waals surface area contributed by atoms with Crippen molar-refractivity contribution in [3.63, 3.8) is 0 Å². The number of halogens is 4. The number of nitrogens with zero attached hydrogens (tertiary/aromatic N) is 1. The predicted octanol–water partition coefficient (Wildman–Crippen LogP) is 5.02. The maximum Gasteiger partial charge on any atom is 0.417 e. The third-order valence-corrected chi connectivity index (χ3v) is 3.35. The first-order valence-electron chi connectivity index (χ1n) is 6.71. The van der Waals surface area contributed by atoms with E-state index in [0.29, 0.717) is 17.7 Å². The lowest BCUT2D eigenvalue weighted by Gasteiger charge is -2.12. The highest BCUT2D eigenvalue weighted by Crippen LogP contribution is 2.40. The number of alkyl halides is 3. The molecule has 0 radical (unpaired) electrons. The molecule has 10 heteroatoms. The van der Waals surface area contributed by atoms with Crippen LogP contribution >= 0.6 is 11.6 Å². The monoisotopic (exact) mass is 374 g/mol. The van der Waals surface area contributed by atoms with Crippen molar-refractivity contribution in [3.8, 4) is 0 Å².